The monoisotopic (exact) mass is 540 g/mol. The van der Waals surface area contributed by atoms with Crippen molar-refractivity contribution in [2.75, 3.05) is 9.96 Å². The van der Waals surface area contributed by atoms with Gasteiger partial charge in [0.2, 0.25) is 5.91 Å². The smallest absolute Gasteiger partial charge is 0.339 e. The fraction of sp³-hybridized carbons (Fsp3) is 0.133. The summed E-state index contributed by atoms with van der Waals surface area (Å²) in [5.74, 6) is -1.46. The second-order valence-corrected chi connectivity index (χ2v) is 11.0. The third kappa shape index (κ3) is 4.45. The number of para-hydroxylation sites is 1. The van der Waals surface area contributed by atoms with Crippen LogP contribution < -0.4 is 14.1 Å². The number of nitrogens with zero attached hydrogens (tertiary/aromatic N) is 2. The summed E-state index contributed by atoms with van der Waals surface area (Å²) in [5.41, 5.74) is 2.86. The summed E-state index contributed by atoms with van der Waals surface area (Å²) in [5, 5.41) is 1.59. The van der Waals surface area contributed by atoms with Gasteiger partial charge in [0.05, 0.1) is 17.4 Å². The molecule has 2 aliphatic heterocycles. The highest BCUT2D eigenvalue weighted by Gasteiger charge is 2.60. The maximum absolute atomic E-state index is 13.7. The van der Waals surface area contributed by atoms with Gasteiger partial charge in [0.1, 0.15) is 16.6 Å². The summed E-state index contributed by atoms with van der Waals surface area (Å²) >= 11 is 0. The van der Waals surface area contributed by atoms with Crippen LogP contribution >= 0.6 is 0 Å². The lowest BCUT2D eigenvalue weighted by atomic mass is 9.90. The van der Waals surface area contributed by atoms with Crippen LogP contribution in [0, 0.1) is 12.8 Å². The van der Waals surface area contributed by atoms with Crippen LogP contribution in [0.4, 0.5) is 11.4 Å². The Bertz CT molecular complexity index is 1620. The molecule has 0 aromatic heterocycles. The molecule has 0 radical (unpaired) electrons. The first-order valence-corrected chi connectivity index (χ1v) is 13.8. The molecular formula is C30H24N2O6S. The topological polar surface area (TPSA) is 93.2 Å². The van der Waals surface area contributed by atoms with Gasteiger partial charge in [-0.15, -0.1) is 0 Å². The number of hydrogen-bond acceptors (Lipinski definition) is 7. The number of hydrogen-bond donors (Lipinski definition) is 0. The van der Waals surface area contributed by atoms with Crippen molar-refractivity contribution in [2.24, 2.45) is 5.92 Å². The van der Waals surface area contributed by atoms with Gasteiger partial charge in [-0.2, -0.15) is 8.42 Å². The fourth-order valence-electron chi connectivity index (χ4n) is 4.98. The third-order valence-corrected chi connectivity index (χ3v) is 8.14. The predicted octanol–water partition coefficient (Wildman–Crippen LogP) is 4.81. The molecule has 4 aromatic carbocycles. The molecule has 2 aliphatic rings. The van der Waals surface area contributed by atoms with Crippen LogP contribution in [0.3, 0.4) is 0 Å². The molecule has 0 N–H and O–H groups in total. The summed E-state index contributed by atoms with van der Waals surface area (Å²) in [4.78, 5) is 34.6. The molecule has 0 saturated carbocycles. The van der Waals surface area contributed by atoms with Crippen molar-refractivity contribution >= 4 is 33.3 Å². The van der Waals surface area contributed by atoms with E-state index < -0.39 is 34.1 Å². The number of anilines is 2. The zero-order valence-corrected chi connectivity index (χ0v) is 21.7. The van der Waals surface area contributed by atoms with E-state index in [9.17, 15) is 18.0 Å². The van der Waals surface area contributed by atoms with Crippen molar-refractivity contribution in [3.8, 4) is 5.75 Å². The molecule has 2 fully saturated rings. The number of benzene rings is 4. The molecule has 0 aliphatic carbocycles. The second kappa shape index (κ2) is 9.68. The number of rotatable bonds is 6. The highest BCUT2D eigenvalue weighted by Crippen LogP contribution is 2.47. The molecule has 39 heavy (non-hydrogen) atoms. The summed E-state index contributed by atoms with van der Waals surface area (Å²) in [7, 11) is -4.01. The third-order valence-electron chi connectivity index (χ3n) is 6.88. The SMILES string of the molecule is Cc1ccc(N2C(=O)[C@H]3[C@@H](ON(c4ccccc4)[C@H]3c3ccc(OS(=O)(=O)c4ccccc4)cc3)C2=O)cc1. The number of carbonyl (C=O) groups excluding carboxylic acids is 2. The second-order valence-electron chi connectivity index (χ2n) is 9.42. The number of aryl methyl sites for hydroxylation is 1. The molecule has 9 heteroatoms. The largest absolute Gasteiger partial charge is 0.379 e. The predicted molar refractivity (Wildman–Crippen MR) is 144 cm³/mol. The van der Waals surface area contributed by atoms with Gasteiger partial charge in [0, 0.05) is 0 Å². The molecule has 3 atom stereocenters. The van der Waals surface area contributed by atoms with E-state index in [4.69, 9.17) is 9.02 Å². The lowest BCUT2D eigenvalue weighted by Crippen LogP contribution is -2.37. The van der Waals surface area contributed by atoms with Crippen LogP contribution in [0.1, 0.15) is 17.2 Å². The lowest BCUT2D eigenvalue weighted by Gasteiger charge is -2.28. The van der Waals surface area contributed by atoms with Gasteiger partial charge in [-0.1, -0.05) is 66.2 Å². The number of imide groups is 1. The van der Waals surface area contributed by atoms with Crippen molar-refractivity contribution in [3.05, 3.63) is 120 Å². The number of hydroxylamine groups is 1. The van der Waals surface area contributed by atoms with E-state index in [1.54, 1.807) is 47.5 Å². The van der Waals surface area contributed by atoms with Gasteiger partial charge in [-0.3, -0.25) is 14.4 Å². The maximum atomic E-state index is 13.7. The van der Waals surface area contributed by atoms with Crippen molar-refractivity contribution in [2.45, 2.75) is 24.0 Å². The van der Waals surface area contributed by atoms with Gasteiger partial charge in [-0.25, -0.2) is 9.96 Å². The Morgan fingerprint density at radius 2 is 1.33 bits per heavy atom. The summed E-state index contributed by atoms with van der Waals surface area (Å²) in [6, 6.07) is 30.1. The minimum Gasteiger partial charge on any atom is -0.379 e. The molecule has 2 amide bonds. The first-order valence-electron chi connectivity index (χ1n) is 12.4. The van der Waals surface area contributed by atoms with Crippen LogP contribution in [0.2, 0.25) is 0 Å². The molecule has 196 valence electrons. The first kappa shape index (κ1) is 24.8. The van der Waals surface area contributed by atoms with E-state index in [0.717, 1.165) is 5.56 Å². The van der Waals surface area contributed by atoms with Crippen LogP contribution in [0.5, 0.6) is 5.75 Å². The normalized spacial score (nSPS) is 20.8. The van der Waals surface area contributed by atoms with E-state index in [1.807, 2.05) is 49.4 Å². The van der Waals surface area contributed by atoms with Crippen molar-refractivity contribution in [1.82, 2.24) is 0 Å². The molecule has 4 aromatic rings. The molecule has 0 bridgehead atoms. The van der Waals surface area contributed by atoms with Crippen molar-refractivity contribution < 1.29 is 27.0 Å². The molecule has 2 saturated heterocycles. The summed E-state index contributed by atoms with van der Waals surface area (Å²) in [6.45, 7) is 1.93. The highest BCUT2D eigenvalue weighted by atomic mass is 32.2. The molecule has 8 nitrogen and oxygen atoms in total. The molecule has 6 rings (SSSR count). The van der Waals surface area contributed by atoms with E-state index >= 15 is 0 Å². The molecule has 2 heterocycles. The van der Waals surface area contributed by atoms with Gasteiger partial charge >= 0.3 is 10.1 Å². The Labute approximate surface area is 226 Å². The van der Waals surface area contributed by atoms with Crippen LogP contribution in [0.15, 0.2) is 114 Å². The Kier molecular flexibility index (Phi) is 6.17. The standard InChI is InChI=1S/C30H24N2O6S/c1-20-12-16-22(17-13-20)31-29(33)26-27(32(37-28(26)30(31)34)23-8-4-2-5-9-23)21-14-18-24(19-15-21)38-39(35,36)25-10-6-3-7-11-25/h2-19,26-28H,1H3/t26-,27+,28-/m1/s1. The number of amides is 2. The highest BCUT2D eigenvalue weighted by molar-refractivity contribution is 7.87. The molecule has 0 spiro atoms. The Morgan fingerprint density at radius 3 is 1.97 bits per heavy atom. The van der Waals surface area contributed by atoms with E-state index in [-0.39, 0.29) is 16.6 Å². The maximum Gasteiger partial charge on any atom is 0.339 e. The van der Waals surface area contributed by atoms with E-state index in [2.05, 4.69) is 0 Å². The van der Waals surface area contributed by atoms with Crippen molar-refractivity contribution in [1.29, 1.82) is 0 Å². The average Bonchev–Trinajstić information content (AvgIpc) is 3.46. The van der Waals surface area contributed by atoms with E-state index in [1.165, 1.54) is 29.2 Å². The summed E-state index contributed by atoms with van der Waals surface area (Å²) in [6.07, 6.45) is -1.00. The molecule has 0 unspecified atom stereocenters. The quantitative estimate of drug-likeness (QED) is 0.256. The number of fused-ring (bicyclic) bond motifs is 1. The van der Waals surface area contributed by atoms with Crippen LogP contribution in [0.25, 0.3) is 0 Å². The number of carbonyl (C=O) groups is 2. The Balaban J connectivity index is 1.34. The van der Waals surface area contributed by atoms with E-state index in [0.29, 0.717) is 16.9 Å². The molecular weight excluding hydrogens is 516 g/mol. The minimum absolute atomic E-state index is 0.0441. The minimum atomic E-state index is -4.01. The Morgan fingerprint density at radius 1 is 0.718 bits per heavy atom. The van der Waals surface area contributed by atoms with Gasteiger partial charge in [-0.05, 0) is 61.0 Å². The van der Waals surface area contributed by atoms with Gasteiger partial charge < -0.3 is 4.18 Å². The van der Waals surface area contributed by atoms with Crippen molar-refractivity contribution in [3.63, 3.8) is 0 Å². The fourth-order valence-corrected chi connectivity index (χ4v) is 5.93. The average molecular weight is 541 g/mol. The van der Waals surface area contributed by atoms with Gasteiger partial charge in [0.15, 0.2) is 6.10 Å². The summed E-state index contributed by atoms with van der Waals surface area (Å²) < 4.78 is 30.6. The lowest BCUT2D eigenvalue weighted by molar-refractivity contribution is -0.126. The van der Waals surface area contributed by atoms with Gasteiger partial charge in [0.25, 0.3) is 5.91 Å². The zero-order valence-electron chi connectivity index (χ0n) is 20.9. The Hall–Kier alpha value is -4.47. The van der Waals surface area contributed by atoms with Crippen LogP contribution in [-0.4, -0.2) is 26.3 Å². The zero-order chi connectivity index (χ0) is 27.1. The first-order chi connectivity index (χ1) is 18.8. The van der Waals surface area contributed by atoms with Crippen LogP contribution in [-0.2, 0) is 24.5 Å².